The monoisotopic (exact) mass is 364 g/mol. The van der Waals surface area contributed by atoms with Crippen molar-refractivity contribution < 1.29 is 14.3 Å². The molecule has 116 valence electrons. The Morgan fingerprint density at radius 1 is 1.32 bits per heavy atom. The molecule has 1 aliphatic heterocycles. The molecular formula is C16H17BrN2O3. The normalized spacial score (nSPS) is 13.2. The van der Waals surface area contributed by atoms with Crippen LogP contribution in [0.4, 0.5) is 0 Å². The van der Waals surface area contributed by atoms with Crippen LogP contribution in [0.3, 0.4) is 0 Å². The summed E-state index contributed by atoms with van der Waals surface area (Å²) < 4.78 is 11.6. The highest BCUT2D eigenvalue weighted by molar-refractivity contribution is 9.10. The highest BCUT2D eigenvalue weighted by Crippen LogP contribution is 2.36. The number of ether oxygens (including phenoxy) is 2. The van der Waals surface area contributed by atoms with E-state index in [9.17, 15) is 4.79 Å². The minimum Gasteiger partial charge on any atom is -0.454 e. The molecule has 0 saturated carbocycles. The van der Waals surface area contributed by atoms with Crippen LogP contribution >= 0.6 is 15.9 Å². The SMILES string of the molecule is CC(C)(CNC(=O)c1cc(Br)c[nH]1)c1ccc2c(c1)OCO2. The van der Waals surface area contributed by atoms with Gasteiger partial charge in [0.25, 0.3) is 5.91 Å². The molecule has 1 aromatic carbocycles. The van der Waals surface area contributed by atoms with Crippen LogP contribution in [0.5, 0.6) is 11.5 Å². The molecule has 2 heterocycles. The summed E-state index contributed by atoms with van der Waals surface area (Å²) in [4.78, 5) is 15.0. The predicted octanol–water partition coefficient (Wildman–Crippen LogP) is 3.21. The maximum Gasteiger partial charge on any atom is 0.267 e. The van der Waals surface area contributed by atoms with Crippen LogP contribution in [-0.4, -0.2) is 24.2 Å². The van der Waals surface area contributed by atoms with E-state index in [1.807, 2.05) is 18.2 Å². The van der Waals surface area contributed by atoms with Gasteiger partial charge in [-0.2, -0.15) is 0 Å². The molecule has 5 nitrogen and oxygen atoms in total. The summed E-state index contributed by atoms with van der Waals surface area (Å²) in [6.45, 7) is 4.94. The molecule has 1 amide bonds. The first kappa shape index (κ1) is 15.0. The van der Waals surface area contributed by atoms with Gasteiger partial charge in [0, 0.05) is 22.6 Å². The van der Waals surface area contributed by atoms with Crippen LogP contribution in [-0.2, 0) is 5.41 Å². The summed E-state index contributed by atoms with van der Waals surface area (Å²) in [5.41, 5.74) is 1.40. The number of amides is 1. The highest BCUT2D eigenvalue weighted by Gasteiger charge is 2.25. The van der Waals surface area contributed by atoms with Crippen molar-refractivity contribution in [1.29, 1.82) is 0 Å². The number of H-pyrrole nitrogens is 1. The van der Waals surface area contributed by atoms with Gasteiger partial charge < -0.3 is 19.8 Å². The Morgan fingerprint density at radius 2 is 2.09 bits per heavy atom. The Labute approximate surface area is 137 Å². The molecule has 0 aliphatic carbocycles. The number of hydrogen-bond donors (Lipinski definition) is 2. The number of carbonyl (C=O) groups is 1. The summed E-state index contributed by atoms with van der Waals surface area (Å²) in [5, 5.41) is 2.96. The first-order valence-corrected chi connectivity index (χ1v) is 7.77. The van der Waals surface area contributed by atoms with Gasteiger partial charge in [0.1, 0.15) is 5.69 Å². The number of halogens is 1. The molecule has 22 heavy (non-hydrogen) atoms. The zero-order chi connectivity index (χ0) is 15.7. The Balaban J connectivity index is 1.69. The number of nitrogens with one attached hydrogen (secondary N) is 2. The molecular weight excluding hydrogens is 348 g/mol. The maximum absolute atomic E-state index is 12.1. The van der Waals surface area contributed by atoms with E-state index in [-0.39, 0.29) is 18.1 Å². The molecule has 0 unspecified atom stereocenters. The summed E-state index contributed by atoms with van der Waals surface area (Å²) in [6.07, 6.45) is 1.73. The Kier molecular flexibility index (Phi) is 3.87. The van der Waals surface area contributed by atoms with E-state index in [1.54, 1.807) is 12.3 Å². The van der Waals surface area contributed by atoms with E-state index >= 15 is 0 Å². The second-order valence-electron chi connectivity index (χ2n) is 5.87. The third-order valence-electron chi connectivity index (χ3n) is 3.74. The number of rotatable bonds is 4. The molecule has 2 N–H and O–H groups in total. The molecule has 0 bridgehead atoms. The van der Waals surface area contributed by atoms with Crippen molar-refractivity contribution in [2.45, 2.75) is 19.3 Å². The summed E-state index contributed by atoms with van der Waals surface area (Å²) >= 11 is 3.32. The van der Waals surface area contributed by atoms with Crippen molar-refractivity contribution in [3.8, 4) is 11.5 Å². The summed E-state index contributed by atoms with van der Waals surface area (Å²) in [6, 6.07) is 7.64. The van der Waals surface area contributed by atoms with Crippen molar-refractivity contribution in [3.63, 3.8) is 0 Å². The van der Waals surface area contributed by atoms with Gasteiger partial charge in [0.15, 0.2) is 11.5 Å². The second-order valence-corrected chi connectivity index (χ2v) is 6.78. The Hall–Kier alpha value is -1.95. The quantitative estimate of drug-likeness (QED) is 0.875. The van der Waals surface area contributed by atoms with Gasteiger partial charge in [-0.3, -0.25) is 4.79 Å². The van der Waals surface area contributed by atoms with Crippen LogP contribution in [0.25, 0.3) is 0 Å². The van der Waals surface area contributed by atoms with Crippen LogP contribution in [0, 0.1) is 0 Å². The van der Waals surface area contributed by atoms with Crippen molar-refractivity contribution in [3.05, 3.63) is 46.2 Å². The van der Waals surface area contributed by atoms with E-state index < -0.39 is 0 Å². The topological polar surface area (TPSA) is 63.4 Å². The number of aromatic nitrogens is 1. The fraction of sp³-hybridized carbons (Fsp3) is 0.312. The zero-order valence-corrected chi connectivity index (χ0v) is 14.0. The van der Waals surface area contributed by atoms with E-state index in [0.717, 1.165) is 21.5 Å². The van der Waals surface area contributed by atoms with E-state index in [1.165, 1.54) is 0 Å². The molecule has 0 saturated heterocycles. The second kappa shape index (κ2) is 5.68. The lowest BCUT2D eigenvalue weighted by Crippen LogP contribution is -2.36. The van der Waals surface area contributed by atoms with Gasteiger partial charge in [0.05, 0.1) is 0 Å². The standard InChI is InChI=1S/C16H17BrN2O3/c1-16(2,8-19-15(20)12-6-11(17)7-18-12)10-3-4-13-14(5-10)22-9-21-13/h3-7,18H,8-9H2,1-2H3,(H,19,20). The average Bonchev–Trinajstić information content (AvgIpc) is 3.12. The van der Waals surface area contributed by atoms with Gasteiger partial charge in [-0.1, -0.05) is 19.9 Å². The van der Waals surface area contributed by atoms with Gasteiger partial charge in [-0.05, 0) is 39.7 Å². The number of fused-ring (bicyclic) bond motifs is 1. The number of hydrogen-bond acceptors (Lipinski definition) is 3. The molecule has 0 fully saturated rings. The number of aromatic amines is 1. The summed E-state index contributed by atoms with van der Waals surface area (Å²) in [5.74, 6) is 1.39. The molecule has 0 radical (unpaired) electrons. The predicted molar refractivity (Wildman–Crippen MR) is 86.4 cm³/mol. The third kappa shape index (κ3) is 2.97. The van der Waals surface area contributed by atoms with Crippen LogP contribution < -0.4 is 14.8 Å². The van der Waals surface area contributed by atoms with Gasteiger partial charge in [-0.25, -0.2) is 0 Å². The van der Waals surface area contributed by atoms with E-state index in [4.69, 9.17) is 9.47 Å². The maximum atomic E-state index is 12.1. The lowest BCUT2D eigenvalue weighted by atomic mass is 9.84. The first-order chi connectivity index (χ1) is 10.5. The smallest absolute Gasteiger partial charge is 0.267 e. The van der Waals surface area contributed by atoms with E-state index in [2.05, 4.69) is 40.1 Å². The van der Waals surface area contributed by atoms with Gasteiger partial charge in [-0.15, -0.1) is 0 Å². The van der Waals surface area contributed by atoms with E-state index in [0.29, 0.717) is 12.2 Å². The van der Waals surface area contributed by atoms with Crippen molar-refractivity contribution in [2.75, 3.05) is 13.3 Å². The molecule has 0 atom stereocenters. The van der Waals surface area contributed by atoms with Crippen molar-refractivity contribution >= 4 is 21.8 Å². The van der Waals surface area contributed by atoms with Crippen molar-refractivity contribution in [2.24, 2.45) is 0 Å². The first-order valence-electron chi connectivity index (χ1n) is 6.98. The van der Waals surface area contributed by atoms with Gasteiger partial charge >= 0.3 is 0 Å². The molecule has 1 aliphatic rings. The molecule has 0 spiro atoms. The molecule has 3 rings (SSSR count). The fourth-order valence-corrected chi connectivity index (χ4v) is 2.66. The molecule has 1 aromatic heterocycles. The number of carbonyl (C=O) groups excluding carboxylic acids is 1. The zero-order valence-electron chi connectivity index (χ0n) is 12.4. The molecule has 2 aromatic rings. The van der Waals surface area contributed by atoms with Crippen molar-refractivity contribution in [1.82, 2.24) is 10.3 Å². The minimum absolute atomic E-state index is 0.125. The van der Waals surface area contributed by atoms with Crippen LogP contribution in [0.15, 0.2) is 34.9 Å². The average molecular weight is 365 g/mol. The highest BCUT2D eigenvalue weighted by atomic mass is 79.9. The third-order valence-corrected chi connectivity index (χ3v) is 4.20. The molecule has 6 heteroatoms. The summed E-state index contributed by atoms with van der Waals surface area (Å²) in [7, 11) is 0. The fourth-order valence-electron chi connectivity index (χ4n) is 2.32. The number of benzene rings is 1. The lowest BCUT2D eigenvalue weighted by molar-refractivity contribution is 0.0941. The van der Waals surface area contributed by atoms with Gasteiger partial charge in [0.2, 0.25) is 6.79 Å². The Morgan fingerprint density at radius 3 is 2.82 bits per heavy atom. The lowest BCUT2D eigenvalue weighted by Gasteiger charge is -2.25. The Bertz CT molecular complexity index is 709. The van der Waals surface area contributed by atoms with Crippen LogP contribution in [0.2, 0.25) is 0 Å². The van der Waals surface area contributed by atoms with Crippen LogP contribution in [0.1, 0.15) is 29.9 Å². The minimum atomic E-state index is -0.222. The largest absolute Gasteiger partial charge is 0.454 e.